The van der Waals surface area contributed by atoms with E-state index in [0.29, 0.717) is 18.2 Å². The first-order valence-corrected chi connectivity index (χ1v) is 7.53. The predicted molar refractivity (Wildman–Crippen MR) is 83.2 cm³/mol. The molecule has 0 spiro atoms. The summed E-state index contributed by atoms with van der Waals surface area (Å²) in [5.74, 6) is 1.79. The molecule has 0 heterocycles. The molecule has 1 aromatic rings. The van der Waals surface area contributed by atoms with Gasteiger partial charge in [0, 0.05) is 28.6 Å². The number of halogens is 1. The van der Waals surface area contributed by atoms with Gasteiger partial charge in [-0.25, -0.2) is 0 Å². The van der Waals surface area contributed by atoms with Gasteiger partial charge in [0.1, 0.15) is 0 Å². The van der Waals surface area contributed by atoms with E-state index in [0.717, 1.165) is 29.2 Å². The van der Waals surface area contributed by atoms with Gasteiger partial charge in [0.2, 0.25) is 0 Å². The fourth-order valence-electron chi connectivity index (χ4n) is 3.24. The molecule has 2 N–H and O–H groups in total. The Morgan fingerprint density at radius 1 is 1.30 bits per heavy atom. The molecule has 3 nitrogen and oxygen atoms in total. The second-order valence-electron chi connectivity index (χ2n) is 5.88. The lowest BCUT2D eigenvalue weighted by atomic mass is 9.62. The highest BCUT2D eigenvalue weighted by Crippen LogP contribution is 2.52. The Kier molecular flexibility index (Phi) is 4.50. The maximum absolute atomic E-state index is 6.57. The summed E-state index contributed by atoms with van der Waals surface area (Å²) in [6, 6.07) is 1.86. The highest BCUT2D eigenvalue weighted by atomic mass is 35.5. The van der Waals surface area contributed by atoms with E-state index in [4.69, 9.17) is 26.8 Å². The molecule has 2 rings (SSSR count). The third kappa shape index (κ3) is 2.27. The Morgan fingerprint density at radius 2 is 1.95 bits per heavy atom. The molecule has 112 valence electrons. The van der Waals surface area contributed by atoms with E-state index in [9.17, 15) is 0 Å². The van der Waals surface area contributed by atoms with Crippen LogP contribution >= 0.6 is 11.6 Å². The molecule has 0 aliphatic heterocycles. The van der Waals surface area contributed by atoms with Gasteiger partial charge < -0.3 is 15.2 Å². The third-order valence-electron chi connectivity index (χ3n) is 4.47. The average Bonchev–Trinajstić information content (AvgIpc) is 2.38. The van der Waals surface area contributed by atoms with Crippen LogP contribution in [0.3, 0.4) is 0 Å². The average molecular weight is 298 g/mol. The van der Waals surface area contributed by atoms with Crippen LogP contribution in [0, 0.1) is 0 Å². The van der Waals surface area contributed by atoms with Crippen molar-refractivity contribution in [2.75, 3.05) is 20.8 Å². The van der Waals surface area contributed by atoms with E-state index in [1.54, 1.807) is 14.2 Å². The van der Waals surface area contributed by atoms with Gasteiger partial charge in [0.15, 0.2) is 11.5 Å². The molecule has 1 aliphatic carbocycles. The van der Waals surface area contributed by atoms with Crippen LogP contribution in [0.2, 0.25) is 5.02 Å². The lowest BCUT2D eigenvalue weighted by molar-refractivity contribution is 0.248. The summed E-state index contributed by atoms with van der Waals surface area (Å²) in [5.41, 5.74) is 8.39. The second kappa shape index (κ2) is 5.82. The molecule has 20 heavy (non-hydrogen) atoms. The highest BCUT2D eigenvalue weighted by molar-refractivity contribution is 6.32. The lowest BCUT2D eigenvalue weighted by Crippen LogP contribution is -2.42. The molecule has 0 unspecified atom stereocenters. The maximum Gasteiger partial charge on any atom is 0.164 e. The van der Waals surface area contributed by atoms with Crippen LogP contribution in [0.5, 0.6) is 11.5 Å². The summed E-state index contributed by atoms with van der Waals surface area (Å²) in [7, 11) is 3.32. The van der Waals surface area contributed by atoms with Gasteiger partial charge in [-0.3, -0.25) is 0 Å². The Labute approximate surface area is 126 Å². The van der Waals surface area contributed by atoms with Crippen molar-refractivity contribution in [3.8, 4) is 11.5 Å². The molecular weight excluding hydrogens is 274 g/mol. The van der Waals surface area contributed by atoms with E-state index in [-0.39, 0.29) is 5.41 Å². The normalized spacial score (nSPS) is 16.9. The van der Waals surface area contributed by atoms with E-state index in [2.05, 4.69) is 13.8 Å². The van der Waals surface area contributed by atoms with Gasteiger partial charge >= 0.3 is 0 Å². The SMILES string of the molecule is COc1cc(Cl)c(C2(CN)CCC2)c(C(C)C)c1OC. The van der Waals surface area contributed by atoms with Gasteiger partial charge in [-0.2, -0.15) is 0 Å². The highest BCUT2D eigenvalue weighted by Gasteiger charge is 2.42. The van der Waals surface area contributed by atoms with Crippen LogP contribution in [0.25, 0.3) is 0 Å². The lowest BCUT2D eigenvalue weighted by Gasteiger charge is -2.44. The number of hydrogen-bond acceptors (Lipinski definition) is 3. The minimum absolute atomic E-state index is 0.0102. The van der Waals surface area contributed by atoms with Gasteiger partial charge in [0.25, 0.3) is 0 Å². The molecule has 0 radical (unpaired) electrons. The van der Waals surface area contributed by atoms with Crippen LogP contribution in [-0.2, 0) is 5.41 Å². The van der Waals surface area contributed by atoms with E-state index in [1.807, 2.05) is 6.07 Å². The minimum atomic E-state index is 0.0102. The first-order chi connectivity index (χ1) is 9.50. The quantitative estimate of drug-likeness (QED) is 0.897. The molecule has 1 aromatic carbocycles. The smallest absolute Gasteiger partial charge is 0.164 e. The largest absolute Gasteiger partial charge is 0.493 e. The van der Waals surface area contributed by atoms with Crippen LogP contribution in [0.15, 0.2) is 6.07 Å². The molecule has 1 aliphatic rings. The summed E-state index contributed by atoms with van der Waals surface area (Å²) >= 11 is 6.57. The Morgan fingerprint density at radius 3 is 2.30 bits per heavy atom. The van der Waals surface area contributed by atoms with Crippen LogP contribution < -0.4 is 15.2 Å². The molecule has 4 heteroatoms. The Bertz CT molecular complexity index is 490. The molecule has 0 bridgehead atoms. The second-order valence-corrected chi connectivity index (χ2v) is 6.28. The number of rotatable bonds is 5. The number of benzene rings is 1. The monoisotopic (exact) mass is 297 g/mol. The predicted octanol–water partition coefficient (Wildman–Crippen LogP) is 3.86. The van der Waals surface area contributed by atoms with E-state index >= 15 is 0 Å². The van der Waals surface area contributed by atoms with Crippen LogP contribution in [0.4, 0.5) is 0 Å². The zero-order chi connectivity index (χ0) is 14.9. The van der Waals surface area contributed by atoms with Crippen molar-refractivity contribution >= 4 is 11.6 Å². The molecule has 0 aromatic heterocycles. The van der Waals surface area contributed by atoms with Gasteiger partial charge in [-0.15, -0.1) is 0 Å². The Balaban J connectivity index is 2.72. The summed E-state index contributed by atoms with van der Waals surface area (Å²) in [4.78, 5) is 0. The van der Waals surface area contributed by atoms with Crippen molar-refractivity contribution in [3.05, 3.63) is 22.2 Å². The van der Waals surface area contributed by atoms with Crippen molar-refractivity contribution in [1.82, 2.24) is 0 Å². The molecule has 0 saturated heterocycles. The number of methoxy groups -OCH3 is 2. The number of nitrogens with two attached hydrogens (primary N) is 1. The van der Waals surface area contributed by atoms with E-state index < -0.39 is 0 Å². The third-order valence-corrected chi connectivity index (χ3v) is 4.77. The van der Waals surface area contributed by atoms with Crippen molar-refractivity contribution < 1.29 is 9.47 Å². The van der Waals surface area contributed by atoms with Crippen LogP contribution in [0.1, 0.15) is 50.2 Å². The molecule has 1 fully saturated rings. The summed E-state index contributed by atoms with van der Waals surface area (Å²) < 4.78 is 11.0. The number of hydrogen-bond donors (Lipinski definition) is 1. The maximum atomic E-state index is 6.57. The van der Waals surface area contributed by atoms with Crippen molar-refractivity contribution in [2.24, 2.45) is 5.73 Å². The fourth-order valence-corrected chi connectivity index (χ4v) is 3.64. The standard InChI is InChI=1S/C16H24ClNO2/c1-10(2)13-14(16(9-18)6-5-7-16)11(17)8-12(19-3)15(13)20-4/h8,10H,5-7,9,18H2,1-4H3. The summed E-state index contributed by atoms with van der Waals surface area (Å²) in [6.07, 6.45) is 3.40. The molecular formula is C16H24ClNO2. The van der Waals surface area contributed by atoms with Gasteiger partial charge in [0.05, 0.1) is 14.2 Å². The topological polar surface area (TPSA) is 44.5 Å². The summed E-state index contributed by atoms with van der Waals surface area (Å²) in [5, 5.41) is 0.747. The molecule has 0 atom stereocenters. The van der Waals surface area contributed by atoms with Crippen molar-refractivity contribution in [1.29, 1.82) is 0 Å². The van der Waals surface area contributed by atoms with Gasteiger partial charge in [-0.05, 0) is 24.3 Å². The zero-order valence-electron chi connectivity index (χ0n) is 12.8. The first kappa shape index (κ1) is 15.5. The Hall–Kier alpha value is -0.930. The minimum Gasteiger partial charge on any atom is -0.493 e. The van der Waals surface area contributed by atoms with Crippen molar-refractivity contribution in [3.63, 3.8) is 0 Å². The fraction of sp³-hybridized carbons (Fsp3) is 0.625. The van der Waals surface area contributed by atoms with Crippen LogP contribution in [-0.4, -0.2) is 20.8 Å². The molecule has 1 saturated carbocycles. The van der Waals surface area contributed by atoms with E-state index in [1.165, 1.54) is 12.0 Å². The summed E-state index contributed by atoms with van der Waals surface area (Å²) in [6.45, 7) is 4.93. The van der Waals surface area contributed by atoms with Gasteiger partial charge in [-0.1, -0.05) is 31.9 Å². The molecule has 0 amide bonds. The number of ether oxygens (including phenoxy) is 2. The van der Waals surface area contributed by atoms with Crippen molar-refractivity contribution in [2.45, 2.75) is 44.4 Å². The zero-order valence-corrected chi connectivity index (χ0v) is 13.5. The first-order valence-electron chi connectivity index (χ1n) is 7.15.